The molecule has 0 aliphatic carbocycles. The van der Waals surface area contributed by atoms with Crippen LogP contribution in [-0.2, 0) is 51.4 Å². The van der Waals surface area contributed by atoms with Crippen LogP contribution in [0.5, 0.6) is 0 Å². The van der Waals surface area contributed by atoms with Crippen molar-refractivity contribution in [3.8, 4) is 45.6 Å². The number of aromatic amines is 2. The van der Waals surface area contributed by atoms with Crippen LogP contribution in [0.25, 0.3) is 89.7 Å². The normalized spacial score (nSPS) is 12.1. The summed E-state index contributed by atoms with van der Waals surface area (Å²) in [5.41, 5.74) is 19.7. The van der Waals surface area contributed by atoms with Crippen molar-refractivity contribution >= 4 is 44.1 Å². The van der Waals surface area contributed by atoms with E-state index in [9.17, 15) is 0 Å². The van der Waals surface area contributed by atoms with Crippen molar-refractivity contribution < 1.29 is 0 Å². The molecule has 4 aromatic carbocycles. The summed E-state index contributed by atoms with van der Waals surface area (Å²) >= 11 is 0. The first-order valence-electron chi connectivity index (χ1n) is 52.8. The van der Waals surface area contributed by atoms with Crippen molar-refractivity contribution in [2.24, 2.45) is 0 Å². The van der Waals surface area contributed by atoms with Gasteiger partial charge in [-0.1, -0.05) is 415 Å². The number of fused-ring (bicyclic) bond motifs is 20. The van der Waals surface area contributed by atoms with Crippen LogP contribution in [0.4, 0.5) is 0 Å². The van der Waals surface area contributed by atoms with Crippen molar-refractivity contribution in [2.45, 2.75) is 518 Å². The van der Waals surface area contributed by atoms with E-state index in [0.717, 1.165) is 141 Å². The van der Waals surface area contributed by atoms with Gasteiger partial charge in [0.15, 0.2) is 23.3 Å². The molecule has 0 fully saturated rings. The lowest BCUT2D eigenvalue weighted by molar-refractivity contribution is 0.570. The highest BCUT2D eigenvalue weighted by Crippen LogP contribution is 2.42. The van der Waals surface area contributed by atoms with Crippen LogP contribution in [0.1, 0.15) is 511 Å². The van der Waals surface area contributed by atoms with Gasteiger partial charge in [0.05, 0.1) is 0 Å². The summed E-state index contributed by atoms with van der Waals surface area (Å²) in [6.45, 7) is 18.7. The Hall–Kier alpha value is -5.76. The molecule has 0 saturated carbocycles. The molecule has 0 spiro atoms. The Labute approximate surface area is 735 Å². The summed E-state index contributed by atoms with van der Waals surface area (Å²) < 4.78 is 0. The van der Waals surface area contributed by atoms with Gasteiger partial charge in [-0.15, -0.1) is 0 Å². The Morgan fingerprint density at radius 1 is 0.150 bits per heavy atom. The molecule has 0 saturated heterocycles. The number of unbranched alkanes of at least 4 members (excludes halogenated alkanes) is 56. The molecular weight excluding hydrogens is 1460 g/mol. The van der Waals surface area contributed by atoms with Crippen LogP contribution in [0.3, 0.4) is 0 Å². The maximum absolute atomic E-state index is 5.99. The fourth-order valence-electron chi connectivity index (χ4n) is 19.8. The van der Waals surface area contributed by atoms with E-state index in [2.05, 4.69) is 114 Å². The molecule has 8 heteroatoms. The van der Waals surface area contributed by atoms with Crippen molar-refractivity contribution in [1.82, 2.24) is 39.9 Å². The van der Waals surface area contributed by atoms with Gasteiger partial charge < -0.3 is 9.97 Å². The molecule has 5 heterocycles. The Balaban J connectivity index is 1.30. The minimum atomic E-state index is 0.756. The predicted octanol–water partition coefficient (Wildman–Crippen LogP) is 36.3. The molecule has 2 N–H and O–H groups in total. The van der Waals surface area contributed by atoms with Gasteiger partial charge in [-0.3, -0.25) is 0 Å². The summed E-state index contributed by atoms with van der Waals surface area (Å²) in [5, 5.41) is 4.57. The minimum absolute atomic E-state index is 0.756. The molecule has 8 nitrogen and oxygen atoms in total. The van der Waals surface area contributed by atoms with E-state index in [4.69, 9.17) is 29.9 Å². The first-order chi connectivity index (χ1) is 59.3. The summed E-state index contributed by atoms with van der Waals surface area (Å²) in [6, 6.07) is 20.5. The maximum atomic E-state index is 5.99. The molecule has 2 aliphatic heterocycles. The van der Waals surface area contributed by atoms with Gasteiger partial charge in [0.1, 0.15) is 22.6 Å². The lowest BCUT2D eigenvalue weighted by Gasteiger charge is -2.13. The van der Waals surface area contributed by atoms with Gasteiger partial charge >= 0.3 is 0 Å². The van der Waals surface area contributed by atoms with E-state index >= 15 is 0 Å². The van der Waals surface area contributed by atoms with Crippen LogP contribution in [0.2, 0.25) is 0 Å². The number of nitrogens with one attached hydrogen (secondary N) is 2. The highest BCUT2D eigenvalue weighted by Gasteiger charge is 2.27. The summed E-state index contributed by atoms with van der Waals surface area (Å²) in [5.74, 6) is 3.02. The van der Waals surface area contributed by atoms with Crippen molar-refractivity contribution in [2.75, 3.05) is 0 Å². The smallest absolute Gasteiger partial charge is 0.164 e. The van der Waals surface area contributed by atoms with Crippen molar-refractivity contribution in [3.05, 3.63) is 93.0 Å². The number of hydrogen-bond donors (Lipinski definition) is 2. The van der Waals surface area contributed by atoms with E-state index in [1.807, 2.05) is 0 Å². The molecule has 9 rings (SSSR count). The Kier molecular flexibility index (Phi) is 49.0. The molecule has 2 aliphatic rings. The standard InChI is InChI=1S/C112H178N8/c1-9-17-25-33-41-49-57-65-73-89-81-97-98(82-90(89)74-66-58-50-42-34-26-18-10-2)106-113-105(97)117-107-99-83-91(75-67-59-51-43-35-27-19-11-3)92(76-68-60-52-44-36-28-20-12-4)84-100(99)109(114-107)119-111-103-87-95(79-71-63-55-47-39-31-23-15-7)96(80-72-64-56-48-40-32-24-16-8)88-104(103)112(116-111)120-110-102-86-94(78-70-62-54-46-38-30-22-14-6)93(85-101(102)108(115-110)118-106)77-69-61-53-45-37-29-21-13-5/h81-88H,9-80H2,1-8H3,(H2,113,114,115,116,117,118,119,120). The van der Waals surface area contributed by atoms with Crippen LogP contribution in [0, 0.1) is 0 Å². The fourth-order valence-corrected chi connectivity index (χ4v) is 19.8. The topological polar surface area (TPSA) is 109 Å². The summed E-state index contributed by atoms with van der Waals surface area (Å²) in [4.78, 5) is 43.8. The number of aryl methyl sites for hydroxylation is 8. The third kappa shape index (κ3) is 34.0. The minimum Gasteiger partial charge on any atom is -0.324 e. The number of aromatic nitrogens is 8. The van der Waals surface area contributed by atoms with E-state index in [0.29, 0.717) is 0 Å². The molecule has 3 aromatic heterocycles. The molecule has 0 atom stereocenters. The molecule has 120 heavy (non-hydrogen) atoms. The fraction of sp³-hybridized carbons (Fsp3) is 0.714. The van der Waals surface area contributed by atoms with E-state index in [1.54, 1.807) is 0 Å². The number of nitrogens with zero attached hydrogens (tertiary/aromatic N) is 6. The largest absolute Gasteiger partial charge is 0.324 e. The van der Waals surface area contributed by atoms with Gasteiger partial charge in [0.25, 0.3) is 0 Å². The zero-order chi connectivity index (χ0) is 84.1. The van der Waals surface area contributed by atoms with Crippen molar-refractivity contribution in [3.63, 3.8) is 0 Å². The van der Waals surface area contributed by atoms with E-state index in [1.165, 1.54) is 455 Å². The Bertz CT molecular complexity index is 3600. The lowest BCUT2D eigenvalue weighted by atomic mass is 9.91. The van der Waals surface area contributed by atoms with Crippen LogP contribution >= 0.6 is 0 Å². The second-order valence-corrected chi connectivity index (χ2v) is 38.1. The van der Waals surface area contributed by atoms with E-state index < -0.39 is 0 Å². The zero-order valence-corrected chi connectivity index (χ0v) is 79.2. The number of rotatable bonds is 72. The Morgan fingerprint density at radius 3 is 0.417 bits per heavy atom. The third-order valence-corrected chi connectivity index (χ3v) is 27.5. The third-order valence-electron chi connectivity index (χ3n) is 27.5. The number of benzene rings is 4. The van der Waals surface area contributed by atoms with E-state index in [-0.39, 0.29) is 0 Å². The average molecular weight is 1640 g/mol. The Morgan fingerprint density at radius 2 is 0.275 bits per heavy atom. The summed E-state index contributed by atoms with van der Waals surface area (Å²) in [7, 11) is 0. The maximum Gasteiger partial charge on any atom is 0.164 e. The van der Waals surface area contributed by atoms with Crippen molar-refractivity contribution in [1.29, 1.82) is 0 Å². The van der Waals surface area contributed by atoms with Gasteiger partial charge in [0.2, 0.25) is 0 Å². The van der Waals surface area contributed by atoms with Crippen LogP contribution in [-0.4, -0.2) is 39.9 Å². The van der Waals surface area contributed by atoms with Gasteiger partial charge in [0, 0.05) is 43.8 Å². The molecule has 7 aromatic rings. The second-order valence-electron chi connectivity index (χ2n) is 38.1. The highest BCUT2D eigenvalue weighted by molar-refractivity contribution is 6.07. The zero-order valence-electron chi connectivity index (χ0n) is 79.2. The SMILES string of the molecule is CCCCCCCCCCc1cc2c(cc1CCCCCCCCCC)-c1nc-2nc2[nH]c(nc3nc(nc4[nH]c(n1)c1cc(CCCCCCCCCC)c(CCCCCCCCCC)cc41)-c1cc(CCCCCCCCCC)c(CCCCCCCCCC)cc1-3)c1cc(CCCCCCCCCC)c(CCCCCCCCCC)cc21. The first kappa shape index (κ1) is 98.0. The van der Waals surface area contributed by atoms with Crippen LogP contribution < -0.4 is 0 Å². The molecular formula is C112H178N8. The predicted molar refractivity (Wildman–Crippen MR) is 527 cm³/mol. The second kappa shape index (κ2) is 60.0. The van der Waals surface area contributed by atoms with Gasteiger partial charge in [-0.25, -0.2) is 29.9 Å². The van der Waals surface area contributed by atoms with Gasteiger partial charge in [-0.05, 0) is 196 Å². The van der Waals surface area contributed by atoms with Crippen LogP contribution in [0.15, 0.2) is 48.5 Å². The number of hydrogen-bond acceptors (Lipinski definition) is 6. The molecule has 666 valence electrons. The first-order valence-corrected chi connectivity index (χ1v) is 52.8. The highest BCUT2D eigenvalue weighted by atomic mass is 15.1. The number of H-pyrrole nitrogens is 2. The molecule has 0 unspecified atom stereocenters. The summed E-state index contributed by atoms with van der Waals surface area (Å²) in [6.07, 6.45) is 92.7. The quantitative estimate of drug-likeness (QED) is 0.0368. The monoisotopic (exact) mass is 1640 g/mol. The van der Waals surface area contributed by atoms with Gasteiger partial charge in [-0.2, -0.15) is 0 Å². The average Bonchev–Trinajstić information content (AvgIpc) is 1.59. The molecule has 0 amide bonds. The molecule has 8 bridgehead atoms. The lowest BCUT2D eigenvalue weighted by Crippen LogP contribution is -1.98. The molecule has 0 radical (unpaired) electrons.